The lowest BCUT2D eigenvalue weighted by atomic mass is 10.1. The molecule has 3 N–H and O–H groups in total. The molecule has 0 aliphatic rings. The van der Waals surface area contributed by atoms with Gasteiger partial charge in [-0.2, -0.15) is 5.26 Å². The monoisotopic (exact) mass is 324 g/mol. The second-order valence-corrected chi connectivity index (χ2v) is 5.26. The van der Waals surface area contributed by atoms with Crippen LogP contribution in [0.15, 0.2) is 22.7 Å². The molecule has 0 bridgehead atoms. The van der Waals surface area contributed by atoms with Crippen molar-refractivity contribution < 1.29 is 4.79 Å². The summed E-state index contributed by atoms with van der Waals surface area (Å²) in [7, 11) is 1.97. The molecule has 0 saturated heterocycles. The van der Waals surface area contributed by atoms with Gasteiger partial charge in [-0.1, -0.05) is 22.0 Å². The number of amides is 1. The minimum atomic E-state index is -0.321. The Labute approximate surface area is 121 Å². The zero-order valence-electron chi connectivity index (χ0n) is 11.0. The van der Waals surface area contributed by atoms with Crippen LogP contribution in [0, 0.1) is 11.3 Å². The molecular weight excluding hydrogens is 308 g/mol. The van der Waals surface area contributed by atoms with Gasteiger partial charge in [-0.25, -0.2) is 5.84 Å². The number of nitrogens with two attached hydrogens (primary N) is 1. The fourth-order valence-corrected chi connectivity index (χ4v) is 2.12. The fraction of sp³-hybridized carbons (Fsp3) is 0.385. The number of hydrazine groups is 1. The van der Waals surface area contributed by atoms with E-state index >= 15 is 0 Å². The maximum atomic E-state index is 11.4. The van der Waals surface area contributed by atoms with Crippen molar-refractivity contribution in [1.82, 2.24) is 10.3 Å². The predicted octanol–water partition coefficient (Wildman–Crippen LogP) is 1.79. The van der Waals surface area contributed by atoms with Gasteiger partial charge < -0.3 is 0 Å². The number of nitrogens with one attached hydrogen (secondary N) is 1. The van der Waals surface area contributed by atoms with Crippen molar-refractivity contribution in [3.05, 3.63) is 33.8 Å². The van der Waals surface area contributed by atoms with Crippen LogP contribution in [0.2, 0.25) is 0 Å². The molecule has 0 aromatic heterocycles. The molecule has 0 aliphatic carbocycles. The summed E-state index contributed by atoms with van der Waals surface area (Å²) in [6.45, 7) is 2.71. The number of nitrogens with zero attached hydrogens (tertiary/aromatic N) is 2. The van der Waals surface area contributed by atoms with Gasteiger partial charge >= 0.3 is 0 Å². The standard InChI is InChI=1S/C13H17BrN4O/c1-9(5-6-15)18(2)8-11-4-3-10(7-12(11)14)13(19)17-16/h3-4,7,9H,5,8,16H2,1-2H3,(H,17,19). The number of nitriles is 1. The Balaban J connectivity index is 2.81. The Hall–Kier alpha value is -1.42. The van der Waals surface area contributed by atoms with Crippen LogP contribution in [0.3, 0.4) is 0 Å². The van der Waals surface area contributed by atoms with Crippen LogP contribution in [0.4, 0.5) is 0 Å². The van der Waals surface area contributed by atoms with E-state index in [4.69, 9.17) is 11.1 Å². The Bertz CT molecular complexity index is 498. The smallest absolute Gasteiger partial charge is 0.265 e. The van der Waals surface area contributed by atoms with Gasteiger partial charge in [-0.05, 0) is 31.7 Å². The van der Waals surface area contributed by atoms with E-state index in [1.807, 2.05) is 20.0 Å². The van der Waals surface area contributed by atoms with Crippen molar-refractivity contribution in [2.45, 2.75) is 25.9 Å². The van der Waals surface area contributed by atoms with Gasteiger partial charge in [0.15, 0.2) is 0 Å². The molecule has 19 heavy (non-hydrogen) atoms. The third-order valence-corrected chi connectivity index (χ3v) is 3.74. The van der Waals surface area contributed by atoms with E-state index in [0.717, 1.165) is 10.0 Å². The van der Waals surface area contributed by atoms with Crippen molar-refractivity contribution in [2.75, 3.05) is 7.05 Å². The lowest BCUT2D eigenvalue weighted by molar-refractivity contribution is 0.0953. The zero-order chi connectivity index (χ0) is 14.4. The van der Waals surface area contributed by atoms with Crippen LogP contribution in [0.1, 0.15) is 29.3 Å². The third-order valence-electron chi connectivity index (χ3n) is 3.01. The molecule has 1 atom stereocenters. The molecule has 1 amide bonds. The Kier molecular flexibility index (Phi) is 5.96. The Morgan fingerprint density at radius 1 is 1.63 bits per heavy atom. The van der Waals surface area contributed by atoms with Gasteiger partial charge in [0, 0.05) is 22.6 Å². The molecule has 5 nitrogen and oxygen atoms in total. The van der Waals surface area contributed by atoms with E-state index in [2.05, 4.69) is 32.3 Å². The summed E-state index contributed by atoms with van der Waals surface area (Å²) < 4.78 is 0.851. The lowest BCUT2D eigenvalue weighted by Gasteiger charge is -2.23. The summed E-state index contributed by atoms with van der Waals surface area (Å²) in [5.74, 6) is 4.77. The molecule has 1 unspecified atom stereocenters. The van der Waals surface area contributed by atoms with Crippen molar-refractivity contribution in [3.8, 4) is 6.07 Å². The summed E-state index contributed by atoms with van der Waals surface area (Å²) in [4.78, 5) is 13.5. The Morgan fingerprint density at radius 3 is 2.84 bits per heavy atom. The van der Waals surface area contributed by atoms with E-state index < -0.39 is 0 Å². The van der Waals surface area contributed by atoms with Crippen LogP contribution >= 0.6 is 15.9 Å². The topological polar surface area (TPSA) is 82.2 Å². The first-order valence-corrected chi connectivity index (χ1v) is 6.65. The number of rotatable bonds is 5. The van der Waals surface area contributed by atoms with Gasteiger partial charge in [-0.3, -0.25) is 15.1 Å². The molecule has 1 aromatic carbocycles. The quantitative estimate of drug-likeness (QED) is 0.491. The summed E-state index contributed by atoms with van der Waals surface area (Å²) in [6, 6.07) is 7.69. The minimum absolute atomic E-state index is 0.184. The van der Waals surface area contributed by atoms with E-state index in [1.165, 1.54) is 0 Å². The summed E-state index contributed by atoms with van der Waals surface area (Å²) in [5, 5.41) is 8.69. The molecular formula is C13H17BrN4O. The molecule has 1 aromatic rings. The predicted molar refractivity (Wildman–Crippen MR) is 77.0 cm³/mol. The van der Waals surface area contributed by atoms with E-state index in [1.54, 1.807) is 12.1 Å². The highest BCUT2D eigenvalue weighted by atomic mass is 79.9. The van der Waals surface area contributed by atoms with E-state index in [0.29, 0.717) is 18.5 Å². The van der Waals surface area contributed by atoms with Gasteiger partial charge in [-0.15, -0.1) is 0 Å². The number of benzene rings is 1. The zero-order valence-corrected chi connectivity index (χ0v) is 12.6. The van der Waals surface area contributed by atoms with Crippen LogP contribution in [0.25, 0.3) is 0 Å². The van der Waals surface area contributed by atoms with Gasteiger partial charge in [0.2, 0.25) is 0 Å². The molecule has 0 heterocycles. The van der Waals surface area contributed by atoms with E-state index in [-0.39, 0.29) is 11.9 Å². The molecule has 0 saturated carbocycles. The average molecular weight is 325 g/mol. The molecule has 1 rings (SSSR count). The van der Waals surface area contributed by atoms with Crippen LogP contribution in [0.5, 0.6) is 0 Å². The molecule has 0 radical (unpaired) electrons. The Morgan fingerprint density at radius 2 is 2.32 bits per heavy atom. The van der Waals surface area contributed by atoms with Crippen molar-refractivity contribution >= 4 is 21.8 Å². The molecule has 102 valence electrons. The molecule has 6 heteroatoms. The minimum Gasteiger partial charge on any atom is -0.298 e. The number of nitrogen functional groups attached to an aromatic ring is 1. The average Bonchev–Trinajstić information content (AvgIpc) is 2.40. The second kappa shape index (κ2) is 7.24. The van der Waals surface area contributed by atoms with Gasteiger partial charge in [0.05, 0.1) is 12.5 Å². The third kappa shape index (κ3) is 4.31. The summed E-state index contributed by atoms with van der Waals surface area (Å²) in [6.07, 6.45) is 0.488. The number of carbonyl (C=O) groups excluding carboxylic acids is 1. The summed E-state index contributed by atoms with van der Waals surface area (Å²) >= 11 is 3.45. The first-order valence-electron chi connectivity index (χ1n) is 5.86. The first kappa shape index (κ1) is 15.6. The van der Waals surface area contributed by atoms with Gasteiger partial charge in [0.25, 0.3) is 5.91 Å². The SMILES string of the molecule is CC(CC#N)N(C)Cc1ccc(C(=O)NN)cc1Br. The highest BCUT2D eigenvalue weighted by Crippen LogP contribution is 2.21. The maximum absolute atomic E-state index is 11.4. The number of halogens is 1. The number of carbonyl (C=O) groups is 1. The highest BCUT2D eigenvalue weighted by Gasteiger charge is 2.12. The lowest BCUT2D eigenvalue weighted by Crippen LogP contribution is -2.30. The second-order valence-electron chi connectivity index (χ2n) is 4.41. The van der Waals surface area contributed by atoms with Crippen LogP contribution in [-0.4, -0.2) is 23.9 Å². The number of hydrogen-bond acceptors (Lipinski definition) is 4. The van der Waals surface area contributed by atoms with E-state index in [9.17, 15) is 4.79 Å². The van der Waals surface area contributed by atoms with Crippen LogP contribution in [-0.2, 0) is 6.54 Å². The highest BCUT2D eigenvalue weighted by molar-refractivity contribution is 9.10. The van der Waals surface area contributed by atoms with Crippen molar-refractivity contribution in [2.24, 2.45) is 5.84 Å². The van der Waals surface area contributed by atoms with Crippen molar-refractivity contribution in [1.29, 1.82) is 5.26 Å². The molecule has 0 spiro atoms. The molecule has 0 fully saturated rings. The number of hydrogen-bond donors (Lipinski definition) is 2. The summed E-state index contributed by atoms with van der Waals surface area (Å²) in [5.41, 5.74) is 3.66. The largest absolute Gasteiger partial charge is 0.298 e. The first-order chi connectivity index (χ1) is 8.99. The van der Waals surface area contributed by atoms with Gasteiger partial charge in [0.1, 0.15) is 0 Å². The molecule has 0 aliphatic heterocycles. The maximum Gasteiger partial charge on any atom is 0.265 e. The van der Waals surface area contributed by atoms with Crippen LogP contribution < -0.4 is 11.3 Å². The normalized spacial score (nSPS) is 12.0. The van der Waals surface area contributed by atoms with Crippen molar-refractivity contribution in [3.63, 3.8) is 0 Å². The fourth-order valence-electron chi connectivity index (χ4n) is 1.61.